The van der Waals surface area contributed by atoms with E-state index in [2.05, 4.69) is 4.98 Å². The fourth-order valence-electron chi connectivity index (χ4n) is 3.54. The summed E-state index contributed by atoms with van der Waals surface area (Å²) >= 11 is 0. The molecule has 148 valence electrons. The van der Waals surface area contributed by atoms with Gasteiger partial charge in [-0.3, -0.25) is 14.6 Å². The molecule has 0 saturated carbocycles. The molecule has 0 aliphatic carbocycles. The van der Waals surface area contributed by atoms with Crippen LogP contribution in [0.4, 0.5) is 0 Å². The van der Waals surface area contributed by atoms with Crippen molar-refractivity contribution in [3.8, 4) is 5.75 Å². The maximum absolute atomic E-state index is 13.1. The highest BCUT2D eigenvalue weighted by Crippen LogP contribution is 2.25. The second-order valence-electron chi connectivity index (χ2n) is 6.93. The number of para-hydroxylation sites is 1. The molecule has 1 fully saturated rings. The summed E-state index contributed by atoms with van der Waals surface area (Å²) in [7, 11) is 0. The van der Waals surface area contributed by atoms with Gasteiger partial charge in [0.1, 0.15) is 5.75 Å². The predicted octanol–water partition coefficient (Wildman–Crippen LogP) is 2.88. The maximum Gasteiger partial charge on any atom is 0.228 e. The normalized spacial score (nSPS) is 16.3. The third-order valence-electron chi connectivity index (χ3n) is 4.99. The van der Waals surface area contributed by atoms with Crippen molar-refractivity contribution in [3.05, 3.63) is 59.9 Å². The Morgan fingerprint density at radius 1 is 1.25 bits per heavy atom. The van der Waals surface area contributed by atoms with E-state index in [9.17, 15) is 9.59 Å². The quantitative estimate of drug-likeness (QED) is 0.705. The van der Waals surface area contributed by atoms with E-state index in [-0.39, 0.29) is 24.2 Å². The zero-order chi connectivity index (χ0) is 19.9. The molecule has 0 bridgehead atoms. The summed E-state index contributed by atoms with van der Waals surface area (Å²) in [5, 5.41) is 0. The minimum atomic E-state index is -0.302. The lowest BCUT2D eigenvalue weighted by Gasteiger charge is -2.25. The van der Waals surface area contributed by atoms with Crippen LogP contribution in [0.2, 0.25) is 0 Å². The summed E-state index contributed by atoms with van der Waals surface area (Å²) in [6.07, 6.45) is 3.73. The summed E-state index contributed by atoms with van der Waals surface area (Å²) < 4.78 is 5.68. The summed E-state index contributed by atoms with van der Waals surface area (Å²) in [6, 6.07) is 11.6. The Kier molecular flexibility index (Phi) is 6.63. The molecule has 1 unspecified atom stereocenters. The standard InChI is InChI=1S/C22H27N3O3/c1-3-24(15-18-9-5-6-10-20(18)28-4-2)22(27)19-12-21(26)25(16-19)14-17-8-7-11-23-13-17/h5-11,13,19H,3-4,12,14-16H2,1-2H3. The van der Waals surface area contributed by atoms with Gasteiger partial charge in [-0.05, 0) is 31.5 Å². The van der Waals surface area contributed by atoms with Gasteiger partial charge in [0.05, 0.1) is 12.5 Å². The number of carbonyl (C=O) groups excluding carboxylic acids is 2. The average molecular weight is 381 g/mol. The number of likely N-dealkylation sites (tertiary alicyclic amines) is 1. The van der Waals surface area contributed by atoms with Crippen molar-refractivity contribution >= 4 is 11.8 Å². The number of nitrogens with zero attached hydrogens (tertiary/aromatic N) is 3. The van der Waals surface area contributed by atoms with Gasteiger partial charge in [-0.25, -0.2) is 0 Å². The Bertz CT molecular complexity index is 810. The summed E-state index contributed by atoms with van der Waals surface area (Å²) in [6.45, 7) is 6.51. The molecule has 6 heteroatoms. The van der Waals surface area contributed by atoms with Crippen molar-refractivity contribution in [2.75, 3.05) is 19.7 Å². The monoisotopic (exact) mass is 381 g/mol. The first-order chi connectivity index (χ1) is 13.6. The van der Waals surface area contributed by atoms with Crippen LogP contribution in [-0.2, 0) is 22.7 Å². The summed E-state index contributed by atoms with van der Waals surface area (Å²) in [5.41, 5.74) is 1.96. The highest BCUT2D eigenvalue weighted by atomic mass is 16.5. The number of ether oxygens (including phenoxy) is 1. The fourth-order valence-corrected chi connectivity index (χ4v) is 3.54. The predicted molar refractivity (Wildman–Crippen MR) is 106 cm³/mol. The lowest BCUT2D eigenvalue weighted by atomic mass is 10.1. The molecule has 1 atom stereocenters. The number of pyridine rings is 1. The van der Waals surface area contributed by atoms with E-state index >= 15 is 0 Å². The molecule has 6 nitrogen and oxygen atoms in total. The van der Waals surface area contributed by atoms with Crippen LogP contribution in [0, 0.1) is 5.92 Å². The molecule has 3 rings (SSSR count). The number of hydrogen-bond donors (Lipinski definition) is 0. The molecule has 1 saturated heterocycles. The van der Waals surface area contributed by atoms with E-state index in [4.69, 9.17) is 4.74 Å². The molecular formula is C22H27N3O3. The molecule has 1 aromatic heterocycles. The fraction of sp³-hybridized carbons (Fsp3) is 0.409. The highest BCUT2D eigenvalue weighted by Gasteiger charge is 2.36. The SMILES string of the molecule is CCOc1ccccc1CN(CC)C(=O)C1CC(=O)N(Cc2cccnc2)C1. The largest absolute Gasteiger partial charge is 0.494 e. The van der Waals surface area contributed by atoms with Gasteiger partial charge in [-0.15, -0.1) is 0 Å². The number of benzene rings is 1. The van der Waals surface area contributed by atoms with Gasteiger partial charge in [0.25, 0.3) is 0 Å². The Labute approximate surface area is 166 Å². The number of rotatable bonds is 8. The number of carbonyl (C=O) groups is 2. The lowest BCUT2D eigenvalue weighted by molar-refractivity contribution is -0.136. The van der Waals surface area contributed by atoms with Crippen LogP contribution in [0.5, 0.6) is 5.75 Å². The number of amides is 2. The zero-order valence-electron chi connectivity index (χ0n) is 16.5. The van der Waals surface area contributed by atoms with Crippen molar-refractivity contribution < 1.29 is 14.3 Å². The van der Waals surface area contributed by atoms with Crippen LogP contribution in [0.3, 0.4) is 0 Å². The molecule has 0 N–H and O–H groups in total. The van der Waals surface area contributed by atoms with Crippen molar-refractivity contribution in [3.63, 3.8) is 0 Å². The van der Waals surface area contributed by atoms with Crippen molar-refractivity contribution in [2.45, 2.75) is 33.4 Å². The molecule has 1 aliphatic rings. The molecule has 0 spiro atoms. The molecule has 28 heavy (non-hydrogen) atoms. The van der Waals surface area contributed by atoms with Gasteiger partial charge in [-0.1, -0.05) is 24.3 Å². The van der Waals surface area contributed by atoms with Crippen LogP contribution < -0.4 is 4.74 Å². The molecule has 2 aromatic rings. The highest BCUT2D eigenvalue weighted by molar-refractivity contribution is 5.89. The third kappa shape index (κ3) is 4.68. The van der Waals surface area contributed by atoms with Gasteiger partial charge in [0, 0.05) is 50.6 Å². The number of hydrogen-bond acceptors (Lipinski definition) is 4. The minimum absolute atomic E-state index is 0.0213. The van der Waals surface area contributed by atoms with Crippen LogP contribution >= 0.6 is 0 Å². The van der Waals surface area contributed by atoms with Gasteiger partial charge in [-0.2, -0.15) is 0 Å². The van der Waals surface area contributed by atoms with Crippen LogP contribution in [0.1, 0.15) is 31.4 Å². The first kappa shape index (κ1) is 19.9. The van der Waals surface area contributed by atoms with E-state index in [0.29, 0.717) is 32.8 Å². The molecule has 0 radical (unpaired) electrons. The topological polar surface area (TPSA) is 62.7 Å². The van der Waals surface area contributed by atoms with Crippen LogP contribution in [-0.4, -0.2) is 46.3 Å². The van der Waals surface area contributed by atoms with Gasteiger partial charge >= 0.3 is 0 Å². The third-order valence-corrected chi connectivity index (χ3v) is 4.99. The Morgan fingerprint density at radius 3 is 2.79 bits per heavy atom. The van der Waals surface area contributed by atoms with Gasteiger partial charge < -0.3 is 14.5 Å². The number of aromatic nitrogens is 1. The molecule has 2 heterocycles. The maximum atomic E-state index is 13.1. The van der Waals surface area contributed by atoms with E-state index in [1.54, 1.807) is 17.3 Å². The molecule has 1 aromatic carbocycles. The molecular weight excluding hydrogens is 354 g/mol. The second kappa shape index (κ2) is 9.35. The Morgan fingerprint density at radius 2 is 2.07 bits per heavy atom. The summed E-state index contributed by atoms with van der Waals surface area (Å²) in [5.74, 6) is 0.546. The second-order valence-corrected chi connectivity index (χ2v) is 6.93. The first-order valence-corrected chi connectivity index (χ1v) is 9.78. The Balaban J connectivity index is 1.66. The molecule has 1 aliphatic heterocycles. The van der Waals surface area contributed by atoms with Crippen molar-refractivity contribution in [1.29, 1.82) is 0 Å². The minimum Gasteiger partial charge on any atom is -0.494 e. The van der Waals surface area contributed by atoms with E-state index in [1.807, 2.05) is 55.1 Å². The first-order valence-electron chi connectivity index (χ1n) is 9.78. The van der Waals surface area contributed by atoms with Crippen molar-refractivity contribution in [2.24, 2.45) is 5.92 Å². The van der Waals surface area contributed by atoms with Gasteiger partial charge in [0.15, 0.2) is 0 Å². The Hall–Kier alpha value is -2.89. The van der Waals surface area contributed by atoms with Crippen LogP contribution in [0.15, 0.2) is 48.8 Å². The average Bonchev–Trinajstić information content (AvgIpc) is 3.08. The zero-order valence-corrected chi connectivity index (χ0v) is 16.5. The van der Waals surface area contributed by atoms with Crippen LogP contribution in [0.25, 0.3) is 0 Å². The lowest BCUT2D eigenvalue weighted by Crippen LogP contribution is -2.37. The van der Waals surface area contributed by atoms with E-state index in [1.165, 1.54) is 0 Å². The van der Waals surface area contributed by atoms with Crippen molar-refractivity contribution in [1.82, 2.24) is 14.8 Å². The van der Waals surface area contributed by atoms with Gasteiger partial charge in [0.2, 0.25) is 11.8 Å². The smallest absolute Gasteiger partial charge is 0.228 e. The van der Waals surface area contributed by atoms with E-state index in [0.717, 1.165) is 16.9 Å². The molecule has 2 amide bonds. The van der Waals surface area contributed by atoms with E-state index < -0.39 is 0 Å². The summed E-state index contributed by atoms with van der Waals surface area (Å²) in [4.78, 5) is 33.2.